The maximum absolute atomic E-state index is 12.5. The lowest BCUT2D eigenvalue weighted by molar-refractivity contribution is 0.0442. The third kappa shape index (κ3) is 7.25. The number of alkyl carbamates (subject to hydrolysis) is 1. The highest BCUT2D eigenvalue weighted by Crippen LogP contribution is 2.27. The molecule has 0 spiro atoms. The van der Waals surface area contributed by atoms with Crippen molar-refractivity contribution in [1.82, 2.24) is 30.7 Å². The zero-order chi connectivity index (χ0) is 23.0. The highest BCUT2D eigenvalue weighted by atomic mass is 16.6. The number of aromatic nitrogens is 3. The van der Waals surface area contributed by atoms with Crippen LogP contribution >= 0.6 is 0 Å². The number of hydrogen-bond acceptors (Lipinski definition) is 5. The topological polar surface area (TPSA) is 110 Å². The van der Waals surface area contributed by atoms with E-state index in [1.54, 1.807) is 17.1 Å². The van der Waals surface area contributed by atoms with E-state index in [1.807, 2.05) is 45.2 Å². The maximum atomic E-state index is 12.5. The van der Waals surface area contributed by atoms with Crippen molar-refractivity contribution in [3.05, 3.63) is 42.4 Å². The number of urea groups is 1. The first-order chi connectivity index (χ1) is 15.2. The molecule has 0 radical (unpaired) electrons. The molecule has 1 aliphatic rings. The predicted octanol–water partition coefficient (Wildman–Crippen LogP) is 3.68. The van der Waals surface area contributed by atoms with Crippen molar-refractivity contribution in [1.29, 1.82) is 0 Å². The standard InChI is InChI=1S/C23H34N6O3/c1-22(2,3)32-21(31)28-23(11-6-4-5-7-12-23)17-26-20(30)25-16-18-9-10-19(24-15-18)29-14-8-13-27-29/h8-10,13-15H,4-7,11-12,16-17H2,1-3H3,(H,28,31)(H2,25,26,30). The first-order valence-electron chi connectivity index (χ1n) is 11.2. The van der Waals surface area contributed by atoms with Crippen molar-refractivity contribution < 1.29 is 14.3 Å². The van der Waals surface area contributed by atoms with Crippen molar-refractivity contribution in [2.75, 3.05) is 6.54 Å². The Morgan fingerprint density at radius 1 is 1.12 bits per heavy atom. The fourth-order valence-corrected chi connectivity index (χ4v) is 3.83. The fraction of sp³-hybridized carbons (Fsp3) is 0.565. The first-order valence-corrected chi connectivity index (χ1v) is 11.2. The Balaban J connectivity index is 1.52. The molecule has 2 heterocycles. The summed E-state index contributed by atoms with van der Waals surface area (Å²) in [5, 5.41) is 13.0. The fourth-order valence-electron chi connectivity index (χ4n) is 3.83. The Morgan fingerprint density at radius 3 is 2.47 bits per heavy atom. The lowest BCUT2D eigenvalue weighted by atomic mass is 9.90. The summed E-state index contributed by atoms with van der Waals surface area (Å²) in [5.41, 5.74) is -0.183. The minimum atomic E-state index is -0.568. The minimum absolute atomic E-state index is 0.282. The number of nitrogens with one attached hydrogen (secondary N) is 3. The normalized spacial score (nSPS) is 16.0. The summed E-state index contributed by atoms with van der Waals surface area (Å²) in [6, 6.07) is 5.31. The maximum Gasteiger partial charge on any atom is 0.408 e. The van der Waals surface area contributed by atoms with Crippen LogP contribution in [0.4, 0.5) is 9.59 Å². The summed E-state index contributed by atoms with van der Waals surface area (Å²) < 4.78 is 7.14. The van der Waals surface area contributed by atoms with Gasteiger partial charge in [0.25, 0.3) is 0 Å². The first kappa shape index (κ1) is 23.6. The van der Waals surface area contributed by atoms with Crippen LogP contribution in [0.3, 0.4) is 0 Å². The van der Waals surface area contributed by atoms with Crippen LogP contribution in [-0.4, -0.2) is 44.6 Å². The highest BCUT2D eigenvalue weighted by molar-refractivity contribution is 5.74. The molecule has 2 aromatic rings. The molecule has 0 saturated heterocycles. The molecule has 0 atom stereocenters. The van der Waals surface area contributed by atoms with E-state index in [1.165, 1.54) is 0 Å². The van der Waals surface area contributed by atoms with Crippen LogP contribution < -0.4 is 16.0 Å². The molecule has 2 aromatic heterocycles. The van der Waals surface area contributed by atoms with E-state index in [0.29, 0.717) is 18.9 Å². The van der Waals surface area contributed by atoms with Gasteiger partial charge in [0.05, 0.1) is 5.54 Å². The number of rotatable bonds is 6. The summed E-state index contributed by atoms with van der Waals surface area (Å²) in [5.74, 6) is 0.715. The number of carbonyl (C=O) groups excluding carboxylic acids is 2. The lowest BCUT2D eigenvalue weighted by Crippen LogP contribution is -2.57. The third-order valence-corrected chi connectivity index (χ3v) is 5.42. The van der Waals surface area contributed by atoms with Gasteiger partial charge in [0.1, 0.15) is 5.60 Å². The summed E-state index contributed by atoms with van der Waals surface area (Å²) in [7, 11) is 0. The molecule has 9 nitrogen and oxygen atoms in total. The SMILES string of the molecule is CC(C)(C)OC(=O)NC1(CNC(=O)NCc2ccc(-n3cccn3)nc2)CCCCCC1. The van der Waals surface area contributed by atoms with E-state index in [9.17, 15) is 9.59 Å². The smallest absolute Gasteiger partial charge is 0.408 e. The van der Waals surface area contributed by atoms with Crippen molar-refractivity contribution in [3.63, 3.8) is 0 Å². The van der Waals surface area contributed by atoms with Crippen LogP contribution in [0.1, 0.15) is 64.9 Å². The number of ether oxygens (including phenoxy) is 1. The average molecular weight is 443 g/mol. The molecule has 32 heavy (non-hydrogen) atoms. The van der Waals surface area contributed by atoms with Crippen LogP contribution in [0.25, 0.3) is 5.82 Å². The van der Waals surface area contributed by atoms with Gasteiger partial charge in [-0.05, 0) is 51.3 Å². The molecular weight excluding hydrogens is 408 g/mol. The zero-order valence-corrected chi connectivity index (χ0v) is 19.2. The van der Waals surface area contributed by atoms with Gasteiger partial charge in [-0.25, -0.2) is 19.3 Å². The molecule has 3 rings (SSSR count). The predicted molar refractivity (Wildman–Crippen MR) is 121 cm³/mol. The van der Waals surface area contributed by atoms with Gasteiger partial charge in [-0.15, -0.1) is 0 Å². The zero-order valence-electron chi connectivity index (χ0n) is 19.2. The van der Waals surface area contributed by atoms with Crippen molar-refractivity contribution in [3.8, 4) is 5.82 Å². The Hall–Kier alpha value is -3.10. The van der Waals surface area contributed by atoms with E-state index in [-0.39, 0.29) is 6.03 Å². The van der Waals surface area contributed by atoms with Crippen LogP contribution in [0.2, 0.25) is 0 Å². The molecule has 1 fully saturated rings. The number of amides is 3. The molecule has 3 amide bonds. The second-order valence-corrected chi connectivity index (χ2v) is 9.33. The summed E-state index contributed by atoms with van der Waals surface area (Å²) in [4.78, 5) is 29.3. The van der Waals surface area contributed by atoms with Crippen LogP contribution in [0.5, 0.6) is 0 Å². The van der Waals surface area contributed by atoms with Gasteiger partial charge in [-0.2, -0.15) is 5.10 Å². The number of carbonyl (C=O) groups is 2. The van der Waals surface area contributed by atoms with Crippen molar-refractivity contribution >= 4 is 12.1 Å². The largest absolute Gasteiger partial charge is 0.444 e. The minimum Gasteiger partial charge on any atom is -0.444 e. The lowest BCUT2D eigenvalue weighted by Gasteiger charge is -2.35. The van der Waals surface area contributed by atoms with E-state index < -0.39 is 17.2 Å². The summed E-state index contributed by atoms with van der Waals surface area (Å²) in [6.07, 6.45) is 10.7. The van der Waals surface area contributed by atoms with Crippen molar-refractivity contribution in [2.45, 2.75) is 77.0 Å². The Bertz CT molecular complexity index is 866. The molecule has 3 N–H and O–H groups in total. The van der Waals surface area contributed by atoms with Gasteiger partial charge in [-0.3, -0.25) is 0 Å². The molecule has 1 saturated carbocycles. The van der Waals surface area contributed by atoms with Crippen LogP contribution in [0.15, 0.2) is 36.8 Å². The molecule has 0 aromatic carbocycles. The van der Waals surface area contributed by atoms with Crippen LogP contribution in [0, 0.1) is 0 Å². The molecule has 0 aliphatic heterocycles. The highest BCUT2D eigenvalue weighted by Gasteiger charge is 2.34. The number of nitrogens with zero attached hydrogens (tertiary/aromatic N) is 3. The van der Waals surface area contributed by atoms with Gasteiger partial charge >= 0.3 is 12.1 Å². The summed E-state index contributed by atoms with van der Waals surface area (Å²) >= 11 is 0. The van der Waals surface area contributed by atoms with Gasteiger partial charge in [0.2, 0.25) is 0 Å². The second-order valence-electron chi connectivity index (χ2n) is 9.33. The Labute approximate surface area is 189 Å². The quantitative estimate of drug-likeness (QED) is 0.591. The van der Waals surface area contributed by atoms with Crippen molar-refractivity contribution in [2.24, 2.45) is 0 Å². The van der Waals surface area contributed by atoms with Gasteiger partial charge in [0, 0.05) is 31.7 Å². The summed E-state index contributed by atoms with van der Waals surface area (Å²) in [6.45, 7) is 6.23. The van der Waals surface area contributed by atoms with Gasteiger partial charge < -0.3 is 20.7 Å². The van der Waals surface area contributed by atoms with Crippen LogP contribution in [-0.2, 0) is 11.3 Å². The van der Waals surface area contributed by atoms with E-state index in [2.05, 4.69) is 26.0 Å². The number of pyridine rings is 1. The monoisotopic (exact) mass is 442 g/mol. The van der Waals surface area contributed by atoms with E-state index in [0.717, 1.165) is 44.1 Å². The molecule has 0 bridgehead atoms. The van der Waals surface area contributed by atoms with Gasteiger partial charge in [-0.1, -0.05) is 31.7 Å². The van der Waals surface area contributed by atoms with E-state index in [4.69, 9.17) is 4.74 Å². The second kappa shape index (κ2) is 10.5. The Kier molecular flexibility index (Phi) is 7.71. The van der Waals surface area contributed by atoms with Gasteiger partial charge in [0.15, 0.2) is 5.82 Å². The number of hydrogen-bond donors (Lipinski definition) is 3. The molecular formula is C23H34N6O3. The molecule has 174 valence electrons. The third-order valence-electron chi connectivity index (χ3n) is 5.42. The molecule has 9 heteroatoms. The Morgan fingerprint density at radius 2 is 1.88 bits per heavy atom. The molecule has 0 unspecified atom stereocenters. The van der Waals surface area contributed by atoms with E-state index >= 15 is 0 Å². The average Bonchev–Trinajstić information content (AvgIpc) is 3.17. The molecule has 1 aliphatic carbocycles.